The maximum absolute atomic E-state index is 12.4. The topological polar surface area (TPSA) is 32.3 Å². The average Bonchev–Trinajstić information content (AvgIpc) is 2.63. The minimum Gasteiger partial charge on any atom is -0.339 e. The van der Waals surface area contributed by atoms with Crippen LogP contribution in [0.4, 0.5) is 17.1 Å². The van der Waals surface area contributed by atoms with Crippen molar-refractivity contribution in [3.63, 3.8) is 0 Å². The predicted molar refractivity (Wildman–Crippen MR) is 115 cm³/mol. The number of amides is 1. The van der Waals surface area contributed by atoms with E-state index in [2.05, 4.69) is 36.2 Å². The molecule has 0 unspecified atom stereocenters. The second kappa shape index (κ2) is 8.47. The fraction of sp³-hybridized carbons (Fsp3) is 0.136. The van der Waals surface area contributed by atoms with E-state index in [0.29, 0.717) is 27.3 Å². The molecule has 1 N–H and O–H groups in total. The van der Waals surface area contributed by atoms with Gasteiger partial charge >= 0.3 is 0 Å². The maximum Gasteiger partial charge on any atom is 0.255 e. The number of carbonyl (C=O) groups excluding carboxylic acids is 1. The second-order valence-electron chi connectivity index (χ2n) is 6.46. The minimum atomic E-state index is -0.254. The fourth-order valence-electron chi connectivity index (χ4n) is 2.93. The molecule has 0 saturated carbocycles. The van der Waals surface area contributed by atoms with E-state index in [4.69, 9.17) is 23.2 Å². The normalized spacial score (nSPS) is 10.7. The van der Waals surface area contributed by atoms with Gasteiger partial charge in [-0.3, -0.25) is 4.79 Å². The van der Waals surface area contributed by atoms with E-state index in [0.717, 1.165) is 11.4 Å². The summed E-state index contributed by atoms with van der Waals surface area (Å²) in [4.78, 5) is 14.7. The Kier molecular flexibility index (Phi) is 6.04. The first-order valence-corrected chi connectivity index (χ1v) is 9.41. The number of hydrogen-bond acceptors (Lipinski definition) is 2. The fourth-order valence-corrected chi connectivity index (χ4v) is 3.45. The number of halogens is 2. The summed E-state index contributed by atoms with van der Waals surface area (Å²) in [5, 5.41) is 3.73. The molecule has 0 aromatic heterocycles. The lowest BCUT2D eigenvalue weighted by Crippen LogP contribution is -2.25. The van der Waals surface area contributed by atoms with Crippen LogP contribution in [0.5, 0.6) is 0 Å². The molecule has 0 fully saturated rings. The van der Waals surface area contributed by atoms with Crippen molar-refractivity contribution in [2.45, 2.75) is 19.9 Å². The van der Waals surface area contributed by atoms with E-state index in [9.17, 15) is 4.79 Å². The van der Waals surface area contributed by atoms with Crippen LogP contribution in [0.25, 0.3) is 0 Å². The highest BCUT2D eigenvalue weighted by atomic mass is 35.5. The summed E-state index contributed by atoms with van der Waals surface area (Å²) in [5.74, 6) is -0.254. The highest BCUT2D eigenvalue weighted by molar-refractivity contribution is 6.35. The quantitative estimate of drug-likeness (QED) is 0.512. The van der Waals surface area contributed by atoms with Crippen molar-refractivity contribution in [1.82, 2.24) is 0 Å². The van der Waals surface area contributed by atoms with Gasteiger partial charge in [0.05, 0.1) is 0 Å². The van der Waals surface area contributed by atoms with Gasteiger partial charge in [0, 0.05) is 38.7 Å². The van der Waals surface area contributed by atoms with Gasteiger partial charge in [0.1, 0.15) is 0 Å². The van der Waals surface area contributed by atoms with E-state index in [1.165, 1.54) is 0 Å². The molecule has 0 aliphatic rings. The van der Waals surface area contributed by atoms with Crippen LogP contribution < -0.4 is 10.2 Å². The lowest BCUT2D eigenvalue weighted by atomic mass is 10.1. The first kappa shape index (κ1) is 19.3. The molecule has 0 aliphatic heterocycles. The van der Waals surface area contributed by atoms with E-state index >= 15 is 0 Å². The first-order chi connectivity index (χ1) is 12.9. The molecule has 3 rings (SSSR count). The first-order valence-electron chi connectivity index (χ1n) is 8.66. The van der Waals surface area contributed by atoms with Crippen molar-refractivity contribution in [2.24, 2.45) is 0 Å². The molecule has 0 radical (unpaired) electrons. The molecule has 3 nitrogen and oxygen atoms in total. The molecular weight excluding hydrogens is 379 g/mol. The van der Waals surface area contributed by atoms with Crippen LogP contribution in [0, 0.1) is 0 Å². The molecule has 5 heteroatoms. The Labute approximate surface area is 169 Å². The lowest BCUT2D eigenvalue weighted by Gasteiger charge is -2.29. The molecule has 0 atom stereocenters. The van der Waals surface area contributed by atoms with E-state index in [-0.39, 0.29) is 5.91 Å². The third-order valence-electron chi connectivity index (χ3n) is 4.08. The number of nitrogens with zero attached hydrogens (tertiary/aromatic N) is 1. The van der Waals surface area contributed by atoms with Crippen LogP contribution in [0.15, 0.2) is 72.8 Å². The summed E-state index contributed by atoms with van der Waals surface area (Å²) in [6.45, 7) is 4.29. The molecule has 0 aliphatic carbocycles. The highest BCUT2D eigenvalue weighted by Gasteiger charge is 2.13. The average molecular weight is 399 g/mol. The molecule has 1 amide bonds. The van der Waals surface area contributed by atoms with Gasteiger partial charge in [-0.15, -0.1) is 0 Å². The van der Waals surface area contributed by atoms with Gasteiger partial charge in [0.25, 0.3) is 5.91 Å². The standard InChI is InChI=1S/C22H20Cl2N2O/c1-15(2)26(20-6-4-3-5-7-20)21-10-8-19(9-11-21)25-22(27)16-12-17(23)14-18(24)13-16/h3-15H,1-2H3,(H,25,27). The molecule has 0 saturated heterocycles. The number of para-hydroxylation sites is 1. The Hall–Kier alpha value is -2.49. The van der Waals surface area contributed by atoms with Crippen molar-refractivity contribution in [3.8, 4) is 0 Å². The molecule has 138 valence electrons. The smallest absolute Gasteiger partial charge is 0.255 e. The lowest BCUT2D eigenvalue weighted by molar-refractivity contribution is 0.102. The van der Waals surface area contributed by atoms with E-state index in [1.54, 1.807) is 18.2 Å². The Morgan fingerprint density at radius 2 is 1.41 bits per heavy atom. The monoisotopic (exact) mass is 398 g/mol. The number of anilines is 3. The molecule has 27 heavy (non-hydrogen) atoms. The largest absolute Gasteiger partial charge is 0.339 e. The van der Waals surface area contributed by atoms with Crippen LogP contribution in [0.2, 0.25) is 10.0 Å². The SMILES string of the molecule is CC(C)N(c1ccccc1)c1ccc(NC(=O)c2cc(Cl)cc(Cl)c2)cc1. The molecular formula is C22H20Cl2N2O. The Bertz CT molecular complexity index is 905. The summed E-state index contributed by atoms with van der Waals surface area (Å²) >= 11 is 11.9. The number of nitrogens with one attached hydrogen (secondary N) is 1. The Balaban J connectivity index is 1.79. The summed E-state index contributed by atoms with van der Waals surface area (Å²) in [6, 6.07) is 23.0. The van der Waals surface area contributed by atoms with Crippen molar-refractivity contribution >= 4 is 46.2 Å². The summed E-state index contributed by atoms with van der Waals surface area (Å²) < 4.78 is 0. The maximum atomic E-state index is 12.4. The van der Waals surface area contributed by atoms with Crippen LogP contribution in [-0.2, 0) is 0 Å². The van der Waals surface area contributed by atoms with E-state index < -0.39 is 0 Å². The van der Waals surface area contributed by atoms with Crippen molar-refractivity contribution in [3.05, 3.63) is 88.4 Å². The third-order valence-corrected chi connectivity index (χ3v) is 4.52. The van der Waals surface area contributed by atoms with Gasteiger partial charge in [0.2, 0.25) is 0 Å². The number of carbonyl (C=O) groups is 1. The van der Waals surface area contributed by atoms with Gasteiger partial charge in [-0.2, -0.15) is 0 Å². The Morgan fingerprint density at radius 1 is 0.852 bits per heavy atom. The number of hydrogen-bond donors (Lipinski definition) is 1. The van der Waals surface area contributed by atoms with Crippen molar-refractivity contribution < 1.29 is 4.79 Å². The zero-order chi connectivity index (χ0) is 19.4. The van der Waals surface area contributed by atoms with Crippen LogP contribution in [0.1, 0.15) is 24.2 Å². The zero-order valence-electron chi connectivity index (χ0n) is 15.1. The summed E-state index contributed by atoms with van der Waals surface area (Å²) in [6.07, 6.45) is 0. The van der Waals surface area contributed by atoms with Gasteiger partial charge in [0.15, 0.2) is 0 Å². The Morgan fingerprint density at radius 3 is 1.96 bits per heavy atom. The molecule has 3 aromatic carbocycles. The second-order valence-corrected chi connectivity index (χ2v) is 7.33. The van der Waals surface area contributed by atoms with Crippen molar-refractivity contribution in [2.75, 3.05) is 10.2 Å². The van der Waals surface area contributed by atoms with Gasteiger partial charge in [-0.1, -0.05) is 41.4 Å². The predicted octanol–water partition coefficient (Wildman–Crippen LogP) is 6.79. The summed E-state index contributed by atoms with van der Waals surface area (Å²) in [7, 11) is 0. The third kappa shape index (κ3) is 4.82. The molecule has 0 bridgehead atoms. The van der Waals surface area contributed by atoms with Crippen LogP contribution in [-0.4, -0.2) is 11.9 Å². The highest BCUT2D eigenvalue weighted by Crippen LogP contribution is 2.29. The van der Waals surface area contributed by atoms with Gasteiger partial charge < -0.3 is 10.2 Å². The minimum absolute atomic E-state index is 0.254. The van der Waals surface area contributed by atoms with Crippen molar-refractivity contribution in [1.29, 1.82) is 0 Å². The van der Waals surface area contributed by atoms with Gasteiger partial charge in [-0.25, -0.2) is 0 Å². The zero-order valence-corrected chi connectivity index (χ0v) is 16.6. The molecule has 3 aromatic rings. The van der Waals surface area contributed by atoms with Gasteiger partial charge in [-0.05, 0) is 68.4 Å². The van der Waals surface area contributed by atoms with E-state index in [1.807, 2.05) is 42.5 Å². The van der Waals surface area contributed by atoms with Crippen LogP contribution in [0.3, 0.4) is 0 Å². The summed E-state index contributed by atoms with van der Waals surface area (Å²) in [5.41, 5.74) is 3.30. The number of rotatable bonds is 5. The molecule has 0 heterocycles. The molecule has 0 spiro atoms. The van der Waals surface area contributed by atoms with Crippen LogP contribution >= 0.6 is 23.2 Å². The number of benzene rings is 3.